The summed E-state index contributed by atoms with van der Waals surface area (Å²) in [6.45, 7) is 2.23. The normalized spacial score (nSPS) is 12.7. The zero-order valence-electron chi connectivity index (χ0n) is 17.4. The number of fused-ring (bicyclic) bond motifs is 1. The van der Waals surface area contributed by atoms with Gasteiger partial charge in [0.25, 0.3) is 5.91 Å². The molecule has 0 radical (unpaired) electrons. The van der Waals surface area contributed by atoms with Crippen LogP contribution in [0.2, 0.25) is 0 Å². The summed E-state index contributed by atoms with van der Waals surface area (Å²) in [4.78, 5) is 28.8. The first kappa shape index (κ1) is 22.0. The molecular weight excluding hydrogens is 396 g/mol. The van der Waals surface area contributed by atoms with Gasteiger partial charge in [-0.1, -0.05) is 42.2 Å². The molecule has 3 aromatic rings. The van der Waals surface area contributed by atoms with Crippen molar-refractivity contribution in [1.29, 1.82) is 0 Å². The Labute approximate surface area is 179 Å². The lowest BCUT2D eigenvalue weighted by Gasteiger charge is -2.21. The number of aromatic nitrogens is 2. The summed E-state index contributed by atoms with van der Waals surface area (Å²) in [6, 6.07) is 12.3. The second kappa shape index (κ2) is 9.00. The van der Waals surface area contributed by atoms with Gasteiger partial charge in [0.1, 0.15) is 17.0 Å². The summed E-state index contributed by atoms with van der Waals surface area (Å²) in [5.41, 5.74) is 10.7. The van der Waals surface area contributed by atoms with Crippen LogP contribution in [-0.2, 0) is 23.3 Å². The number of hydrogen-bond acceptors (Lipinski definition) is 6. The predicted octanol–water partition coefficient (Wildman–Crippen LogP) is 1.18. The Morgan fingerprint density at radius 1 is 1.26 bits per heavy atom. The van der Waals surface area contributed by atoms with E-state index in [2.05, 4.69) is 16.8 Å². The molecule has 0 aliphatic carbocycles. The Kier molecular flexibility index (Phi) is 6.39. The van der Waals surface area contributed by atoms with Gasteiger partial charge in [0.2, 0.25) is 5.43 Å². The number of carbonyl (C=O) groups excluding carboxylic acids is 1. The summed E-state index contributed by atoms with van der Waals surface area (Å²) in [5.74, 6) is 4.94. The number of ether oxygens (including phenoxy) is 1. The van der Waals surface area contributed by atoms with Gasteiger partial charge in [-0.2, -0.15) is 0 Å². The highest BCUT2D eigenvalue weighted by Gasteiger charge is 2.26. The molecule has 2 aromatic heterocycles. The van der Waals surface area contributed by atoms with E-state index in [1.54, 1.807) is 28.8 Å². The minimum Gasteiger partial charge on any atom is -0.384 e. The molecule has 1 aromatic carbocycles. The third-order valence-corrected chi connectivity index (χ3v) is 4.94. The van der Waals surface area contributed by atoms with Crippen molar-refractivity contribution in [2.24, 2.45) is 5.73 Å². The van der Waals surface area contributed by atoms with Crippen LogP contribution in [0.15, 0.2) is 47.3 Å². The summed E-state index contributed by atoms with van der Waals surface area (Å²) < 4.78 is 6.72. The first-order chi connectivity index (χ1) is 14.8. The van der Waals surface area contributed by atoms with Crippen LogP contribution in [0.4, 0.5) is 5.82 Å². The number of aliphatic hydroxyl groups is 1. The van der Waals surface area contributed by atoms with Crippen LogP contribution in [0.3, 0.4) is 0 Å². The van der Waals surface area contributed by atoms with Crippen LogP contribution >= 0.6 is 0 Å². The number of hydrogen-bond donors (Lipinski definition) is 3. The Hall–Kier alpha value is -3.67. The van der Waals surface area contributed by atoms with Gasteiger partial charge in [-0.05, 0) is 24.6 Å². The molecule has 0 bridgehead atoms. The highest BCUT2D eigenvalue weighted by Crippen LogP contribution is 2.21. The van der Waals surface area contributed by atoms with Crippen molar-refractivity contribution in [3.05, 3.63) is 69.5 Å². The molecule has 8 heteroatoms. The monoisotopic (exact) mass is 420 g/mol. The molecule has 160 valence electrons. The van der Waals surface area contributed by atoms with Gasteiger partial charge in [0.05, 0.1) is 24.1 Å². The average molecular weight is 420 g/mol. The van der Waals surface area contributed by atoms with E-state index in [4.69, 9.17) is 16.2 Å². The largest absolute Gasteiger partial charge is 0.384 e. The SMILES string of the molecule is CCn1c(N)c(C(N)=O)c(=O)c2ccc(CC#CC(O)(COC)c3ccccc3)nc21. The quantitative estimate of drug-likeness (QED) is 0.513. The van der Waals surface area contributed by atoms with E-state index in [0.29, 0.717) is 23.4 Å². The van der Waals surface area contributed by atoms with Crippen LogP contribution in [0.25, 0.3) is 11.0 Å². The molecular formula is C23H24N4O4. The minimum atomic E-state index is -1.46. The lowest BCUT2D eigenvalue weighted by molar-refractivity contribution is 0.0104. The lowest BCUT2D eigenvalue weighted by atomic mass is 9.95. The van der Waals surface area contributed by atoms with E-state index in [1.807, 2.05) is 25.1 Å². The van der Waals surface area contributed by atoms with Gasteiger partial charge in [-0.15, -0.1) is 0 Å². The standard InChI is InChI=1S/C23H24N4O4/c1-3-27-20(24)18(21(25)29)19(28)17-12-11-16(26-22(17)27)10-7-13-23(30,14-31-2)15-8-5-4-6-9-15/h4-6,8-9,11-12,30H,3,10,14,24H2,1-2H3,(H2,25,29). The average Bonchev–Trinajstić information content (AvgIpc) is 2.74. The Morgan fingerprint density at radius 2 is 1.97 bits per heavy atom. The van der Waals surface area contributed by atoms with Crippen molar-refractivity contribution in [3.63, 3.8) is 0 Å². The molecule has 1 unspecified atom stereocenters. The first-order valence-electron chi connectivity index (χ1n) is 9.71. The Morgan fingerprint density at radius 3 is 2.58 bits per heavy atom. The molecule has 0 aliphatic heterocycles. The van der Waals surface area contributed by atoms with E-state index in [1.165, 1.54) is 7.11 Å². The molecule has 0 saturated carbocycles. The number of nitrogen functional groups attached to an aromatic ring is 1. The molecule has 2 heterocycles. The number of primary amides is 1. The number of aryl methyl sites for hydroxylation is 1. The second-order valence-electron chi connectivity index (χ2n) is 7.01. The smallest absolute Gasteiger partial charge is 0.256 e. The number of amides is 1. The summed E-state index contributed by atoms with van der Waals surface area (Å²) in [7, 11) is 1.50. The van der Waals surface area contributed by atoms with Gasteiger partial charge in [0, 0.05) is 13.7 Å². The molecule has 0 aliphatic rings. The third-order valence-electron chi connectivity index (χ3n) is 4.94. The fourth-order valence-corrected chi connectivity index (χ4v) is 3.42. The number of nitrogens with zero attached hydrogens (tertiary/aromatic N) is 2. The zero-order valence-corrected chi connectivity index (χ0v) is 17.4. The predicted molar refractivity (Wildman–Crippen MR) is 118 cm³/mol. The van der Waals surface area contributed by atoms with Crippen LogP contribution in [0.5, 0.6) is 0 Å². The number of anilines is 1. The summed E-state index contributed by atoms with van der Waals surface area (Å²) in [6.07, 6.45) is 0.226. The van der Waals surface area contributed by atoms with Crippen LogP contribution < -0.4 is 16.9 Å². The van der Waals surface area contributed by atoms with E-state index in [0.717, 1.165) is 0 Å². The van der Waals surface area contributed by atoms with Crippen molar-refractivity contribution in [2.75, 3.05) is 19.5 Å². The number of benzene rings is 1. The molecule has 0 saturated heterocycles. The first-order valence-corrected chi connectivity index (χ1v) is 9.71. The van der Waals surface area contributed by atoms with E-state index >= 15 is 0 Å². The van der Waals surface area contributed by atoms with Crippen molar-refractivity contribution < 1.29 is 14.6 Å². The van der Waals surface area contributed by atoms with Crippen molar-refractivity contribution >= 4 is 22.8 Å². The topological polar surface area (TPSA) is 133 Å². The number of pyridine rings is 2. The fraction of sp³-hybridized carbons (Fsp3) is 0.261. The zero-order chi connectivity index (χ0) is 22.6. The highest BCUT2D eigenvalue weighted by atomic mass is 16.5. The lowest BCUT2D eigenvalue weighted by Crippen LogP contribution is -2.29. The van der Waals surface area contributed by atoms with Gasteiger partial charge in [-0.25, -0.2) is 4.98 Å². The molecule has 31 heavy (non-hydrogen) atoms. The maximum Gasteiger partial charge on any atom is 0.256 e. The summed E-state index contributed by atoms with van der Waals surface area (Å²) in [5, 5.41) is 11.2. The second-order valence-corrected chi connectivity index (χ2v) is 7.01. The molecule has 0 fully saturated rings. The summed E-state index contributed by atoms with van der Waals surface area (Å²) >= 11 is 0. The molecule has 5 N–H and O–H groups in total. The van der Waals surface area contributed by atoms with E-state index in [-0.39, 0.29) is 29.8 Å². The van der Waals surface area contributed by atoms with Gasteiger partial charge in [-0.3, -0.25) is 9.59 Å². The number of rotatable bonds is 6. The van der Waals surface area contributed by atoms with Crippen LogP contribution in [0.1, 0.15) is 28.5 Å². The van der Waals surface area contributed by atoms with Gasteiger partial charge in [0.15, 0.2) is 5.60 Å². The van der Waals surface area contributed by atoms with Crippen LogP contribution in [0, 0.1) is 11.8 Å². The van der Waals surface area contributed by atoms with Crippen molar-refractivity contribution in [1.82, 2.24) is 9.55 Å². The number of nitrogens with two attached hydrogens (primary N) is 2. The Bertz CT molecular complexity index is 1240. The van der Waals surface area contributed by atoms with Gasteiger partial charge < -0.3 is 25.9 Å². The van der Waals surface area contributed by atoms with Crippen LogP contribution in [-0.4, -0.2) is 34.3 Å². The maximum absolute atomic E-state index is 12.6. The molecule has 1 atom stereocenters. The van der Waals surface area contributed by atoms with Crippen molar-refractivity contribution in [3.8, 4) is 11.8 Å². The maximum atomic E-state index is 12.6. The van der Waals surface area contributed by atoms with Gasteiger partial charge >= 0.3 is 0 Å². The molecule has 1 amide bonds. The van der Waals surface area contributed by atoms with E-state index < -0.39 is 16.9 Å². The molecule has 8 nitrogen and oxygen atoms in total. The number of carbonyl (C=O) groups is 1. The number of methoxy groups -OCH3 is 1. The van der Waals surface area contributed by atoms with Crippen molar-refractivity contribution in [2.45, 2.75) is 25.5 Å². The fourth-order valence-electron chi connectivity index (χ4n) is 3.42. The van der Waals surface area contributed by atoms with E-state index in [9.17, 15) is 14.7 Å². The highest BCUT2D eigenvalue weighted by molar-refractivity contribution is 6.00. The molecule has 0 spiro atoms. The Balaban J connectivity index is 2.01. The minimum absolute atomic E-state index is 0.0109. The third kappa shape index (κ3) is 4.28. The molecule has 3 rings (SSSR count).